The summed E-state index contributed by atoms with van der Waals surface area (Å²) < 4.78 is 16.8. The standard InChI is InChI=1S/C56H108O6/c1-6-7-8-9-10-11-12-13-21-24-27-30-36-41-46-54(57)60-49-53(50-61-55(58)47-42-37-33-32-35-40-45-52(4)5)62-56(59)48-43-38-31-28-25-22-19-17-15-14-16-18-20-23-26-29-34-39-44-51(2)3/h51-53H,6-50H2,1-5H3/t53-/m0/s1. The maximum Gasteiger partial charge on any atom is 0.306 e. The zero-order chi connectivity index (χ0) is 45.4. The summed E-state index contributed by atoms with van der Waals surface area (Å²) in [4.78, 5) is 38.0. The molecular weight excluding hydrogens is 769 g/mol. The molecule has 0 aliphatic carbocycles. The molecule has 0 aromatic heterocycles. The van der Waals surface area contributed by atoms with Crippen molar-refractivity contribution in [3.05, 3.63) is 0 Å². The van der Waals surface area contributed by atoms with Crippen molar-refractivity contribution < 1.29 is 28.6 Å². The van der Waals surface area contributed by atoms with Crippen LogP contribution in [0, 0.1) is 11.8 Å². The van der Waals surface area contributed by atoms with Crippen LogP contribution >= 0.6 is 0 Å². The minimum absolute atomic E-state index is 0.0639. The predicted molar refractivity (Wildman–Crippen MR) is 266 cm³/mol. The lowest BCUT2D eigenvalue weighted by Crippen LogP contribution is -2.30. The molecule has 0 radical (unpaired) electrons. The Bertz CT molecular complexity index is 947. The summed E-state index contributed by atoms with van der Waals surface area (Å²) in [6.45, 7) is 11.3. The van der Waals surface area contributed by atoms with Crippen molar-refractivity contribution >= 4 is 17.9 Å². The molecule has 6 nitrogen and oxygen atoms in total. The molecule has 0 fully saturated rings. The molecule has 1 atom stereocenters. The first-order valence-electron chi connectivity index (χ1n) is 27.7. The lowest BCUT2D eigenvalue weighted by molar-refractivity contribution is -0.167. The van der Waals surface area contributed by atoms with Crippen LogP contribution in [-0.2, 0) is 28.6 Å². The first-order chi connectivity index (χ1) is 30.2. The predicted octanol–water partition coefficient (Wildman–Crippen LogP) is 18.1. The maximum absolute atomic E-state index is 12.8. The molecule has 0 bridgehead atoms. The normalized spacial score (nSPS) is 12.0. The molecule has 0 heterocycles. The molecule has 0 aliphatic heterocycles. The number of rotatable bonds is 50. The molecule has 0 N–H and O–H groups in total. The van der Waals surface area contributed by atoms with E-state index in [1.54, 1.807) is 0 Å². The van der Waals surface area contributed by atoms with E-state index in [9.17, 15) is 14.4 Å². The third-order valence-corrected chi connectivity index (χ3v) is 12.7. The molecule has 0 saturated carbocycles. The van der Waals surface area contributed by atoms with Gasteiger partial charge in [0.1, 0.15) is 13.2 Å². The molecule has 368 valence electrons. The van der Waals surface area contributed by atoms with Gasteiger partial charge in [0.25, 0.3) is 0 Å². The van der Waals surface area contributed by atoms with Gasteiger partial charge < -0.3 is 14.2 Å². The van der Waals surface area contributed by atoms with Gasteiger partial charge in [0.05, 0.1) is 0 Å². The van der Waals surface area contributed by atoms with Gasteiger partial charge in [-0.3, -0.25) is 14.4 Å². The highest BCUT2D eigenvalue weighted by Gasteiger charge is 2.19. The Balaban J connectivity index is 4.20. The van der Waals surface area contributed by atoms with Crippen molar-refractivity contribution in [2.75, 3.05) is 13.2 Å². The first-order valence-corrected chi connectivity index (χ1v) is 27.7. The Kier molecular flexibility index (Phi) is 47.6. The summed E-state index contributed by atoms with van der Waals surface area (Å²) in [6, 6.07) is 0. The number of carbonyl (C=O) groups excluding carboxylic acids is 3. The van der Waals surface area contributed by atoms with Crippen molar-refractivity contribution in [2.45, 2.75) is 317 Å². The van der Waals surface area contributed by atoms with E-state index in [2.05, 4.69) is 34.6 Å². The number of carbonyl (C=O) groups is 3. The quantitative estimate of drug-likeness (QED) is 0.0344. The van der Waals surface area contributed by atoms with Gasteiger partial charge >= 0.3 is 17.9 Å². The Morgan fingerprint density at radius 3 is 0.790 bits per heavy atom. The topological polar surface area (TPSA) is 78.9 Å². The highest BCUT2D eigenvalue weighted by molar-refractivity contribution is 5.71. The lowest BCUT2D eigenvalue weighted by Gasteiger charge is -2.18. The summed E-state index contributed by atoms with van der Waals surface area (Å²) >= 11 is 0. The molecule has 0 aliphatic rings. The molecule has 0 rings (SSSR count). The Morgan fingerprint density at radius 2 is 0.532 bits per heavy atom. The Morgan fingerprint density at radius 1 is 0.306 bits per heavy atom. The zero-order valence-electron chi connectivity index (χ0n) is 42.5. The van der Waals surface area contributed by atoms with E-state index in [1.165, 1.54) is 199 Å². The fourth-order valence-corrected chi connectivity index (χ4v) is 8.52. The SMILES string of the molecule is CCCCCCCCCCCCCCCCC(=O)OC[C@@H](COC(=O)CCCCCCCCC(C)C)OC(=O)CCCCCCCCCCCCCCCCCCCCC(C)C. The van der Waals surface area contributed by atoms with Crippen molar-refractivity contribution in [1.29, 1.82) is 0 Å². The van der Waals surface area contributed by atoms with E-state index < -0.39 is 6.10 Å². The summed E-state index contributed by atoms with van der Waals surface area (Å²) in [6.07, 6.45) is 51.1. The van der Waals surface area contributed by atoms with Crippen molar-refractivity contribution in [1.82, 2.24) is 0 Å². The van der Waals surface area contributed by atoms with Crippen LogP contribution < -0.4 is 0 Å². The van der Waals surface area contributed by atoms with Gasteiger partial charge in [-0.2, -0.15) is 0 Å². The second-order valence-corrected chi connectivity index (χ2v) is 20.2. The summed E-state index contributed by atoms with van der Waals surface area (Å²) in [7, 11) is 0. The summed E-state index contributed by atoms with van der Waals surface area (Å²) in [5.74, 6) is 0.773. The van der Waals surface area contributed by atoms with Gasteiger partial charge in [0.15, 0.2) is 6.10 Å². The largest absolute Gasteiger partial charge is 0.462 e. The molecule has 0 amide bonds. The van der Waals surface area contributed by atoms with E-state index in [0.29, 0.717) is 19.3 Å². The number of esters is 3. The van der Waals surface area contributed by atoms with Gasteiger partial charge in [-0.1, -0.05) is 272 Å². The molecule has 6 heteroatoms. The monoisotopic (exact) mass is 877 g/mol. The molecule has 0 aromatic carbocycles. The van der Waals surface area contributed by atoms with Gasteiger partial charge in [0.2, 0.25) is 0 Å². The third kappa shape index (κ3) is 49.4. The highest BCUT2D eigenvalue weighted by Crippen LogP contribution is 2.18. The van der Waals surface area contributed by atoms with E-state index in [4.69, 9.17) is 14.2 Å². The van der Waals surface area contributed by atoms with Crippen LogP contribution in [0.15, 0.2) is 0 Å². The number of unbranched alkanes of at least 4 members (excludes halogenated alkanes) is 35. The second-order valence-electron chi connectivity index (χ2n) is 20.2. The number of hydrogen-bond acceptors (Lipinski definition) is 6. The molecule has 0 spiro atoms. The summed E-state index contributed by atoms with van der Waals surface area (Å²) in [5, 5.41) is 0. The summed E-state index contributed by atoms with van der Waals surface area (Å²) in [5.41, 5.74) is 0. The fraction of sp³-hybridized carbons (Fsp3) is 0.946. The average molecular weight is 877 g/mol. The first kappa shape index (κ1) is 60.4. The van der Waals surface area contributed by atoms with Crippen LogP contribution in [0.5, 0.6) is 0 Å². The van der Waals surface area contributed by atoms with Gasteiger partial charge in [-0.15, -0.1) is 0 Å². The van der Waals surface area contributed by atoms with Crippen LogP contribution in [0.4, 0.5) is 0 Å². The van der Waals surface area contributed by atoms with Crippen LogP contribution in [-0.4, -0.2) is 37.2 Å². The number of hydrogen-bond donors (Lipinski definition) is 0. The van der Waals surface area contributed by atoms with Crippen LogP contribution in [0.2, 0.25) is 0 Å². The van der Waals surface area contributed by atoms with Crippen molar-refractivity contribution in [3.8, 4) is 0 Å². The third-order valence-electron chi connectivity index (χ3n) is 12.7. The van der Waals surface area contributed by atoms with Gasteiger partial charge in [-0.25, -0.2) is 0 Å². The van der Waals surface area contributed by atoms with Crippen LogP contribution in [0.1, 0.15) is 311 Å². The Labute approximate surface area is 387 Å². The fourth-order valence-electron chi connectivity index (χ4n) is 8.52. The lowest BCUT2D eigenvalue weighted by atomic mass is 10.0. The van der Waals surface area contributed by atoms with Gasteiger partial charge in [0, 0.05) is 19.3 Å². The highest BCUT2D eigenvalue weighted by atomic mass is 16.6. The minimum Gasteiger partial charge on any atom is -0.462 e. The average Bonchev–Trinajstić information content (AvgIpc) is 3.24. The molecule has 62 heavy (non-hydrogen) atoms. The molecule has 0 saturated heterocycles. The molecule has 0 unspecified atom stereocenters. The van der Waals surface area contributed by atoms with Crippen molar-refractivity contribution in [3.63, 3.8) is 0 Å². The van der Waals surface area contributed by atoms with E-state index in [1.807, 2.05) is 0 Å². The number of ether oxygens (including phenoxy) is 3. The molecule has 0 aromatic rings. The van der Waals surface area contributed by atoms with Gasteiger partial charge in [-0.05, 0) is 31.1 Å². The maximum atomic E-state index is 12.8. The second kappa shape index (κ2) is 48.9. The van der Waals surface area contributed by atoms with Crippen LogP contribution in [0.25, 0.3) is 0 Å². The smallest absolute Gasteiger partial charge is 0.306 e. The van der Waals surface area contributed by atoms with E-state index >= 15 is 0 Å². The van der Waals surface area contributed by atoms with E-state index in [-0.39, 0.29) is 31.1 Å². The zero-order valence-corrected chi connectivity index (χ0v) is 42.5. The van der Waals surface area contributed by atoms with Crippen LogP contribution in [0.3, 0.4) is 0 Å². The van der Waals surface area contributed by atoms with Crippen molar-refractivity contribution in [2.24, 2.45) is 11.8 Å². The minimum atomic E-state index is -0.762. The van der Waals surface area contributed by atoms with E-state index in [0.717, 1.165) is 69.6 Å². The molecular formula is C56H108O6. The Hall–Kier alpha value is -1.59.